The van der Waals surface area contributed by atoms with E-state index >= 15 is 0 Å². The van der Waals surface area contributed by atoms with Gasteiger partial charge in [0.05, 0.1) is 0 Å². The van der Waals surface area contributed by atoms with Gasteiger partial charge >= 0.3 is 0 Å². The number of pyridine rings is 1. The maximum atomic E-state index is 12.2. The first-order chi connectivity index (χ1) is 11.0. The molecule has 0 aliphatic rings. The van der Waals surface area contributed by atoms with Gasteiger partial charge in [-0.1, -0.05) is 29.3 Å². The third-order valence-electron chi connectivity index (χ3n) is 2.90. The Labute approximate surface area is 143 Å². The number of hydrogen-bond acceptors (Lipinski definition) is 4. The third kappa shape index (κ3) is 4.71. The minimum Gasteiger partial charge on any atom is -0.345 e. The summed E-state index contributed by atoms with van der Waals surface area (Å²) in [4.78, 5) is 16.2. The Morgan fingerprint density at radius 3 is 2.70 bits per heavy atom. The zero-order valence-corrected chi connectivity index (χ0v) is 13.6. The maximum Gasteiger partial charge on any atom is 0.267 e. The number of benzene rings is 1. The molecule has 1 heterocycles. The fourth-order valence-corrected chi connectivity index (χ4v) is 2.03. The first-order valence-corrected chi connectivity index (χ1v) is 7.31. The van der Waals surface area contributed by atoms with E-state index in [0.717, 1.165) is 5.56 Å². The van der Waals surface area contributed by atoms with Crippen LogP contribution in [-0.4, -0.2) is 10.9 Å². The second-order valence-corrected chi connectivity index (χ2v) is 5.46. The summed E-state index contributed by atoms with van der Waals surface area (Å²) >= 11 is 11.7. The standard InChI is InChI=1S/C16H12Cl2N4O/c1-10-2-3-12(17)6-14(10)22-16(23)11(8-19)9-21-15-7-13(18)4-5-20-15/h2-7,9H,1H3,(H,20,21)(H,22,23)/b11-9-. The number of aryl methyl sites for hydroxylation is 1. The predicted molar refractivity (Wildman–Crippen MR) is 91.4 cm³/mol. The summed E-state index contributed by atoms with van der Waals surface area (Å²) in [5, 5.41) is 15.5. The van der Waals surface area contributed by atoms with Crippen molar-refractivity contribution < 1.29 is 4.79 Å². The number of halogens is 2. The van der Waals surface area contributed by atoms with Crippen LogP contribution in [0.1, 0.15) is 5.56 Å². The second kappa shape index (κ2) is 7.63. The molecule has 0 aliphatic carbocycles. The Bertz CT molecular complexity index is 812. The van der Waals surface area contributed by atoms with Gasteiger partial charge in [0, 0.05) is 28.1 Å². The average molecular weight is 347 g/mol. The summed E-state index contributed by atoms with van der Waals surface area (Å²) in [5.41, 5.74) is 1.28. The highest BCUT2D eigenvalue weighted by molar-refractivity contribution is 6.31. The van der Waals surface area contributed by atoms with Crippen molar-refractivity contribution >= 4 is 40.6 Å². The van der Waals surface area contributed by atoms with Gasteiger partial charge in [0.15, 0.2) is 0 Å². The lowest BCUT2D eigenvalue weighted by atomic mass is 10.2. The van der Waals surface area contributed by atoms with Crippen molar-refractivity contribution in [1.82, 2.24) is 4.98 Å². The number of rotatable bonds is 4. The summed E-state index contributed by atoms with van der Waals surface area (Å²) in [5.74, 6) is -0.121. The minimum absolute atomic E-state index is 0.105. The van der Waals surface area contributed by atoms with Crippen molar-refractivity contribution in [3.63, 3.8) is 0 Å². The smallest absolute Gasteiger partial charge is 0.267 e. The van der Waals surface area contributed by atoms with Gasteiger partial charge in [0.1, 0.15) is 17.5 Å². The molecule has 0 bridgehead atoms. The molecule has 2 aromatic rings. The molecule has 0 aliphatic heterocycles. The maximum absolute atomic E-state index is 12.2. The molecule has 2 N–H and O–H groups in total. The molecule has 0 atom stereocenters. The molecule has 2 rings (SSSR count). The number of carbonyl (C=O) groups excluding carboxylic acids is 1. The van der Waals surface area contributed by atoms with Gasteiger partial charge in [-0.05, 0) is 36.8 Å². The molecule has 0 fully saturated rings. The number of aromatic nitrogens is 1. The number of nitrogens with zero attached hydrogens (tertiary/aromatic N) is 2. The van der Waals surface area contributed by atoms with E-state index in [0.29, 0.717) is 21.6 Å². The first-order valence-electron chi connectivity index (χ1n) is 6.55. The zero-order chi connectivity index (χ0) is 16.8. The quantitative estimate of drug-likeness (QED) is 0.643. The SMILES string of the molecule is Cc1ccc(Cl)cc1NC(=O)/C(C#N)=C\Nc1cc(Cl)ccn1. The van der Waals surface area contributed by atoms with E-state index < -0.39 is 5.91 Å². The number of nitriles is 1. The van der Waals surface area contributed by atoms with Gasteiger partial charge in [-0.2, -0.15) is 5.26 Å². The number of amides is 1. The van der Waals surface area contributed by atoms with Crippen LogP contribution in [0.15, 0.2) is 48.3 Å². The lowest BCUT2D eigenvalue weighted by Gasteiger charge is -2.08. The van der Waals surface area contributed by atoms with Crippen molar-refractivity contribution in [3.05, 3.63) is 63.9 Å². The molecule has 7 heteroatoms. The van der Waals surface area contributed by atoms with Crippen LogP contribution in [0, 0.1) is 18.3 Å². The van der Waals surface area contributed by atoms with Crippen LogP contribution in [-0.2, 0) is 4.79 Å². The van der Waals surface area contributed by atoms with E-state index in [-0.39, 0.29) is 5.57 Å². The number of anilines is 2. The molecule has 116 valence electrons. The van der Waals surface area contributed by atoms with Gasteiger partial charge in [0.25, 0.3) is 5.91 Å². The van der Waals surface area contributed by atoms with Crippen LogP contribution in [0.2, 0.25) is 10.0 Å². The molecule has 1 amide bonds. The largest absolute Gasteiger partial charge is 0.345 e. The van der Waals surface area contributed by atoms with Gasteiger partial charge in [0.2, 0.25) is 0 Å². The Balaban J connectivity index is 2.14. The molecule has 23 heavy (non-hydrogen) atoms. The highest BCUT2D eigenvalue weighted by Crippen LogP contribution is 2.20. The summed E-state index contributed by atoms with van der Waals surface area (Å²) in [6.45, 7) is 1.83. The van der Waals surface area contributed by atoms with E-state index in [1.807, 2.05) is 13.0 Å². The summed E-state index contributed by atoms with van der Waals surface area (Å²) in [6.07, 6.45) is 2.79. The topological polar surface area (TPSA) is 77.8 Å². The molecule has 5 nitrogen and oxygen atoms in total. The normalized spacial score (nSPS) is 10.8. The summed E-state index contributed by atoms with van der Waals surface area (Å²) < 4.78 is 0. The first kappa shape index (κ1) is 16.8. The Kier molecular flexibility index (Phi) is 5.58. The lowest BCUT2D eigenvalue weighted by Crippen LogP contribution is -2.15. The molecule has 0 unspecified atom stereocenters. The van der Waals surface area contributed by atoms with Crippen molar-refractivity contribution in [2.45, 2.75) is 6.92 Å². The van der Waals surface area contributed by atoms with Crippen LogP contribution < -0.4 is 10.6 Å². The fourth-order valence-electron chi connectivity index (χ4n) is 1.70. The van der Waals surface area contributed by atoms with Crippen molar-refractivity contribution in [2.75, 3.05) is 10.6 Å². The molecular formula is C16H12Cl2N4O. The highest BCUT2D eigenvalue weighted by atomic mass is 35.5. The van der Waals surface area contributed by atoms with Crippen LogP contribution in [0.4, 0.5) is 11.5 Å². The molecule has 0 radical (unpaired) electrons. The summed E-state index contributed by atoms with van der Waals surface area (Å²) in [6, 6.07) is 10.2. The third-order valence-corrected chi connectivity index (χ3v) is 3.37. The molecule has 0 saturated carbocycles. The number of hydrogen-bond donors (Lipinski definition) is 2. The summed E-state index contributed by atoms with van der Waals surface area (Å²) in [7, 11) is 0. The van der Waals surface area contributed by atoms with Crippen LogP contribution >= 0.6 is 23.2 Å². The van der Waals surface area contributed by atoms with Gasteiger partial charge in [-0.25, -0.2) is 4.98 Å². The van der Waals surface area contributed by atoms with E-state index in [9.17, 15) is 4.79 Å². The van der Waals surface area contributed by atoms with E-state index in [1.165, 1.54) is 12.4 Å². The van der Waals surface area contributed by atoms with Crippen LogP contribution in [0.3, 0.4) is 0 Å². The zero-order valence-electron chi connectivity index (χ0n) is 12.1. The number of nitrogens with one attached hydrogen (secondary N) is 2. The van der Waals surface area contributed by atoms with E-state index in [2.05, 4.69) is 15.6 Å². The minimum atomic E-state index is -0.549. The van der Waals surface area contributed by atoms with E-state index in [4.69, 9.17) is 28.5 Å². The van der Waals surface area contributed by atoms with Crippen LogP contribution in [0.5, 0.6) is 0 Å². The fraction of sp³-hybridized carbons (Fsp3) is 0.0625. The van der Waals surface area contributed by atoms with Crippen molar-refractivity contribution in [1.29, 1.82) is 5.26 Å². The van der Waals surface area contributed by atoms with Gasteiger partial charge < -0.3 is 10.6 Å². The molecule has 1 aromatic heterocycles. The predicted octanol–water partition coefficient (Wildman–Crippen LogP) is 4.15. The second-order valence-electron chi connectivity index (χ2n) is 4.59. The molecule has 0 saturated heterocycles. The Hall–Kier alpha value is -2.55. The molecular weight excluding hydrogens is 335 g/mol. The van der Waals surface area contributed by atoms with E-state index in [1.54, 1.807) is 30.3 Å². The van der Waals surface area contributed by atoms with Gasteiger partial charge in [-0.3, -0.25) is 4.79 Å². The lowest BCUT2D eigenvalue weighted by molar-refractivity contribution is -0.112. The van der Waals surface area contributed by atoms with Crippen molar-refractivity contribution in [3.8, 4) is 6.07 Å². The molecule has 1 aromatic carbocycles. The number of carbonyl (C=O) groups is 1. The Morgan fingerprint density at radius 1 is 1.26 bits per heavy atom. The van der Waals surface area contributed by atoms with Crippen molar-refractivity contribution in [2.24, 2.45) is 0 Å². The average Bonchev–Trinajstić information content (AvgIpc) is 2.51. The molecule has 0 spiro atoms. The Morgan fingerprint density at radius 2 is 2.00 bits per heavy atom. The highest BCUT2D eigenvalue weighted by Gasteiger charge is 2.11. The van der Waals surface area contributed by atoms with Gasteiger partial charge in [-0.15, -0.1) is 0 Å². The monoisotopic (exact) mass is 346 g/mol. The van der Waals surface area contributed by atoms with Crippen LogP contribution in [0.25, 0.3) is 0 Å².